The van der Waals surface area contributed by atoms with Crippen molar-refractivity contribution in [3.8, 4) is 5.75 Å². The molecule has 4 aliphatic carbocycles. The third-order valence-electron chi connectivity index (χ3n) is 7.71. The van der Waals surface area contributed by atoms with E-state index >= 15 is 0 Å². The van der Waals surface area contributed by atoms with Gasteiger partial charge in [0.2, 0.25) is 5.91 Å². The Labute approximate surface area is 189 Å². The monoisotopic (exact) mass is 433 g/mol. The van der Waals surface area contributed by atoms with Crippen LogP contribution >= 0.6 is 0 Å². The first-order chi connectivity index (χ1) is 15.5. The topological polar surface area (TPSA) is 75.6 Å². The maximum atomic E-state index is 13.3. The second-order valence-electron chi connectivity index (χ2n) is 10.2. The molecule has 5 nitrogen and oxygen atoms in total. The first-order valence-corrected chi connectivity index (χ1v) is 11.8. The van der Waals surface area contributed by atoms with Crippen LogP contribution in [-0.2, 0) is 22.6 Å². The van der Waals surface area contributed by atoms with E-state index < -0.39 is 12.0 Å². The van der Waals surface area contributed by atoms with Gasteiger partial charge in [-0.15, -0.1) is 0 Å². The van der Waals surface area contributed by atoms with Crippen molar-refractivity contribution < 1.29 is 19.4 Å². The van der Waals surface area contributed by atoms with E-state index in [1.165, 1.54) is 19.3 Å². The average molecular weight is 434 g/mol. The normalized spacial score (nSPS) is 28.8. The predicted octanol–water partition coefficient (Wildman–Crippen LogP) is 4.59. The molecule has 4 fully saturated rings. The van der Waals surface area contributed by atoms with Crippen LogP contribution in [0.25, 0.3) is 0 Å². The number of carbonyl (C=O) groups is 2. The molecule has 2 aromatic rings. The number of benzene rings is 2. The van der Waals surface area contributed by atoms with Gasteiger partial charge in [0.1, 0.15) is 18.4 Å². The Morgan fingerprint density at radius 1 is 0.938 bits per heavy atom. The average Bonchev–Trinajstić information content (AvgIpc) is 2.77. The summed E-state index contributed by atoms with van der Waals surface area (Å²) in [5.74, 6) is 1.61. The van der Waals surface area contributed by atoms with Crippen LogP contribution in [0.5, 0.6) is 5.75 Å². The Morgan fingerprint density at radius 2 is 1.56 bits per heavy atom. The van der Waals surface area contributed by atoms with E-state index in [9.17, 15) is 14.7 Å². The molecule has 1 atom stereocenters. The molecule has 0 aromatic heterocycles. The van der Waals surface area contributed by atoms with Crippen molar-refractivity contribution in [2.24, 2.45) is 23.2 Å². The number of ether oxygens (including phenoxy) is 1. The second kappa shape index (κ2) is 8.61. The van der Waals surface area contributed by atoms with Crippen LogP contribution in [0.4, 0.5) is 0 Å². The summed E-state index contributed by atoms with van der Waals surface area (Å²) in [5, 5.41) is 12.8. The lowest BCUT2D eigenvalue weighted by Crippen LogP contribution is -2.56. The van der Waals surface area contributed by atoms with Gasteiger partial charge in [0.05, 0.1) is 0 Å². The number of amides is 1. The summed E-state index contributed by atoms with van der Waals surface area (Å²) >= 11 is 0. The molecule has 5 heteroatoms. The Hall–Kier alpha value is -2.82. The molecule has 4 bridgehead atoms. The lowest BCUT2D eigenvalue weighted by atomic mass is 9.49. The maximum Gasteiger partial charge on any atom is 0.326 e. The molecule has 0 spiro atoms. The molecule has 0 saturated heterocycles. The summed E-state index contributed by atoms with van der Waals surface area (Å²) in [6.45, 7) is 0.454. The molecule has 4 aliphatic rings. The number of hydrogen-bond acceptors (Lipinski definition) is 3. The van der Waals surface area contributed by atoms with Crippen LogP contribution in [0.2, 0.25) is 0 Å². The van der Waals surface area contributed by atoms with Crippen LogP contribution in [0.3, 0.4) is 0 Å². The SMILES string of the molecule is O=C(O)[C@H](Cc1cccc(OCc2ccccc2)c1)NC(=O)C12CC3CC(CC(C3)C1)C2. The van der Waals surface area contributed by atoms with Crippen molar-refractivity contribution in [1.82, 2.24) is 5.32 Å². The molecule has 32 heavy (non-hydrogen) atoms. The molecule has 1 amide bonds. The Balaban J connectivity index is 1.24. The summed E-state index contributed by atoms with van der Waals surface area (Å²) in [4.78, 5) is 25.3. The van der Waals surface area contributed by atoms with Gasteiger partial charge in [-0.2, -0.15) is 0 Å². The predicted molar refractivity (Wildman–Crippen MR) is 121 cm³/mol. The molecule has 6 rings (SSSR count). The lowest BCUT2D eigenvalue weighted by molar-refractivity contribution is -0.151. The highest BCUT2D eigenvalue weighted by Gasteiger charge is 2.54. The number of rotatable bonds is 8. The van der Waals surface area contributed by atoms with Gasteiger partial charge < -0.3 is 15.2 Å². The number of hydrogen-bond donors (Lipinski definition) is 2. The summed E-state index contributed by atoms with van der Waals surface area (Å²) in [7, 11) is 0. The molecule has 0 unspecified atom stereocenters. The highest BCUT2D eigenvalue weighted by atomic mass is 16.5. The van der Waals surface area contributed by atoms with Crippen molar-refractivity contribution in [3.05, 3.63) is 65.7 Å². The van der Waals surface area contributed by atoms with Gasteiger partial charge in [0.15, 0.2) is 0 Å². The Bertz CT molecular complexity index is 951. The third kappa shape index (κ3) is 4.38. The Morgan fingerprint density at radius 3 is 2.19 bits per heavy atom. The van der Waals surface area contributed by atoms with E-state index in [0.29, 0.717) is 30.1 Å². The van der Waals surface area contributed by atoms with Gasteiger partial charge in [-0.25, -0.2) is 4.79 Å². The van der Waals surface area contributed by atoms with E-state index in [1.54, 1.807) is 0 Å². The van der Waals surface area contributed by atoms with Crippen LogP contribution in [0.1, 0.15) is 49.7 Å². The van der Waals surface area contributed by atoms with Gasteiger partial charge in [-0.3, -0.25) is 4.79 Å². The van der Waals surface area contributed by atoms with Crippen LogP contribution < -0.4 is 10.1 Å². The highest BCUT2D eigenvalue weighted by Crippen LogP contribution is 2.60. The van der Waals surface area contributed by atoms with E-state index in [4.69, 9.17) is 4.74 Å². The maximum absolute atomic E-state index is 13.3. The summed E-state index contributed by atoms with van der Waals surface area (Å²) in [5.41, 5.74) is 1.57. The lowest BCUT2D eigenvalue weighted by Gasteiger charge is -2.55. The summed E-state index contributed by atoms with van der Waals surface area (Å²) in [6, 6.07) is 16.5. The van der Waals surface area contributed by atoms with Crippen molar-refractivity contribution in [1.29, 1.82) is 0 Å². The zero-order chi connectivity index (χ0) is 22.1. The van der Waals surface area contributed by atoms with Crippen molar-refractivity contribution in [2.45, 2.75) is 57.6 Å². The fourth-order valence-electron chi connectivity index (χ4n) is 6.64. The van der Waals surface area contributed by atoms with E-state index in [2.05, 4.69) is 5.32 Å². The number of aliphatic carboxylic acids is 1. The number of carbonyl (C=O) groups excluding carboxylic acids is 1. The van der Waals surface area contributed by atoms with Crippen LogP contribution in [0, 0.1) is 23.2 Å². The van der Waals surface area contributed by atoms with Crippen molar-refractivity contribution in [2.75, 3.05) is 0 Å². The van der Waals surface area contributed by atoms with E-state index in [1.807, 2.05) is 54.6 Å². The van der Waals surface area contributed by atoms with Gasteiger partial charge in [0.25, 0.3) is 0 Å². The minimum absolute atomic E-state index is 0.0412. The first kappa shape index (κ1) is 21.0. The van der Waals surface area contributed by atoms with E-state index in [0.717, 1.165) is 30.4 Å². The molecule has 0 radical (unpaired) electrons. The minimum Gasteiger partial charge on any atom is -0.489 e. The molecular weight excluding hydrogens is 402 g/mol. The largest absolute Gasteiger partial charge is 0.489 e. The van der Waals surface area contributed by atoms with E-state index in [-0.39, 0.29) is 17.7 Å². The van der Waals surface area contributed by atoms with Gasteiger partial charge in [0, 0.05) is 11.8 Å². The Kier molecular flexibility index (Phi) is 5.66. The minimum atomic E-state index is -0.987. The number of carboxylic acid groups (broad SMARTS) is 1. The zero-order valence-electron chi connectivity index (χ0n) is 18.3. The number of carboxylic acids is 1. The number of nitrogens with one attached hydrogen (secondary N) is 1. The quantitative estimate of drug-likeness (QED) is 0.638. The fourth-order valence-corrected chi connectivity index (χ4v) is 6.64. The molecule has 0 aliphatic heterocycles. The standard InChI is InChI=1S/C27H31NO4/c29-25(30)24(28-26(31)27-14-20-9-21(15-27)11-22(10-20)16-27)13-19-7-4-8-23(12-19)32-17-18-5-2-1-3-6-18/h1-8,12,20-22,24H,9-11,13-17H2,(H,28,31)(H,29,30)/t20?,21?,22?,24-,27?/m0/s1. The van der Waals surface area contributed by atoms with Crippen molar-refractivity contribution >= 4 is 11.9 Å². The molecule has 4 saturated carbocycles. The molecule has 2 aromatic carbocycles. The molecule has 0 heterocycles. The molecular formula is C27H31NO4. The van der Waals surface area contributed by atoms with Gasteiger partial charge >= 0.3 is 5.97 Å². The van der Waals surface area contributed by atoms with Gasteiger partial charge in [-0.1, -0.05) is 42.5 Å². The molecule has 2 N–H and O–H groups in total. The summed E-state index contributed by atoms with van der Waals surface area (Å²) in [6.07, 6.45) is 6.80. The fraction of sp³-hybridized carbons (Fsp3) is 0.481. The zero-order valence-corrected chi connectivity index (χ0v) is 18.3. The third-order valence-corrected chi connectivity index (χ3v) is 7.71. The second-order valence-corrected chi connectivity index (χ2v) is 10.2. The molecule has 168 valence electrons. The summed E-state index contributed by atoms with van der Waals surface area (Å²) < 4.78 is 5.89. The van der Waals surface area contributed by atoms with Gasteiger partial charge in [-0.05, 0) is 79.5 Å². The van der Waals surface area contributed by atoms with Crippen LogP contribution in [0.15, 0.2) is 54.6 Å². The highest BCUT2D eigenvalue weighted by molar-refractivity contribution is 5.88. The smallest absolute Gasteiger partial charge is 0.326 e. The first-order valence-electron chi connectivity index (χ1n) is 11.8. The van der Waals surface area contributed by atoms with Crippen LogP contribution in [-0.4, -0.2) is 23.0 Å². The van der Waals surface area contributed by atoms with Crippen molar-refractivity contribution in [3.63, 3.8) is 0 Å².